The third kappa shape index (κ3) is 6.20. The first-order valence-electron chi connectivity index (χ1n) is 6.16. The highest BCUT2D eigenvalue weighted by molar-refractivity contribution is 5.91. The molecule has 0 fully saturated rings. The largest absolute Gasteiger partial charge is 0.452 e. The molecule has 0 aromatic heterocycles. The molecule has 0 radical (unpaired) electrons. The number of terminal acetylenes is 1. The van der Waals surface area contributed by atoms with Gasteiger partial charge in [0, 0.05) is 30.7 Å². The zero-order chi connectivity index (χ0) is 15.7. The summed E-state index contributed by atoms with van der Waals surface area (Å²) in [6, 6.07) is 5.48. The monoisotopic (exact) mass is 290 g/mol. The Hall–Kier alpha value is -2.88. The zero-order valence-electron chi connectivity index (χ0n) is 11.2. The number of benzene rings is 1. The van der Waals surface area contributed by atoms with Crippen LogP contribution in [-0.4, -0.2) is 23.4 Å². The average molecular weight is 290 g/mol. The second kappa shape index (κ2) is 8.32. The summed E-state index contributed by atoms with van der Waals surface area (Å²) in [6.45, 7) is -0.0756. The molecule has 0 aliphatic heterocycles. The Morgan fingerprint density at radius 2 is 1.95 bits per heavy atom. The summed E-state index contributed by atoms with van der Waals surface area (Å²) in [5, 5.41) is 13.1. The molecule has 1 aromatic rings. The number of rotatable bonds is 7. The van der Waals surface area contributed by atoms with E-state index in [0.29, 0.717) is 12.1 Å². The van der Waals surface area contributed by atoms with E-state index in [4.69, 9.17) is 6.42 Å². The number of hydrogen-bond donors (Lipinski definition) is 1. The molecule has 1 N–H and O–H groups in total. The molecular formula is C14H14N2O5. The first-order chi connectivity index (χ1) is 10.0. The summed E-state index contributed by atoms with van der Waals surface area (Å²) < 4.78 is 4.66. The highest BCUT2D eigenvalue weighted by atomic mass is 16.6. The Balaban J connectivity index is 2.32. The highest BCUT2D eigenvalue weighted by Gasteiger charge is 2.08. The van der Waals surface area contributed by atoms with Crippen LogP contribution in [0.2, 0.25) is 0 Å². The van der Waals surface area contributed by atoms with Crippen molar-refractivity contribution in [2.24, 2.45) is 0 Å². The van der Waals surface area contributed by atoms with E-state index in [1.807, 2.05) is 0 Å². The molecule has 0 aliphatic rings. The predicted molar refractivity (Wildman–Crippen MR) is 75.4 cm³/mol. The first-order valence-corrected chi connectivity index (χ1v) is 6.16. The van der Waals surface area contributed by atoms with Gasteiger partial charge in [0.2, 0.25) is 5.91 Å². The predicted octanol–water partition coefficient (Wildman–Crippen LogP) is 1.88. The van der Waals surface area contributed by atoms with Gasteiger partial charge in [-0.1, -0.05) is 5.92 Å². The Bertz CT molecular complexity index is 560. The van der Waals surface area contributed by atoms with Gasteiger partial charge in [0.1, 0.15) is 0 Å². The van der Waals surface area contributed by atoms with Crippen molar-refractivity contribution in [3.63, 3.8) is 0 Å². The molecule has 0 bridgehead atoms. The third-order valence-corrected chi connectivity index (χ3v) is 2.46. The van der Waals surface area contributed by atoms with Gasteiger partial charge in [-0.2, -0.15) is 0 Å². The van der Waals surface area contributed by atoms with Gasteiger partial charge in [0.15, 0.2) is 6.61 Å². The van der Waals surface area contributed by atoms with Crippen LogP contribution in [-0.2, 0) is 14.3 Å². The van der Waals surface area contributed by atoms with E-state index in [1.165, 1.54) is 24.3 Å². The number of nitro benzene ring substituents is 1. The van der Waals surface area contributed by atoms with Crippen LogP contribution < -0.4 is 5.32 Å². The number of amides is 1. The van der Waals surface area contributed by atoms with Crippen LogP contribution in [0, 0.1) is 22.5 Å². The molecular weight excluding hydrogens is 276 g/mol. The van der Waals surface area contributed by atoms with Gasteiger partial charge in [0.25, 0.3) is 5.69 Å². The molecule has 0 saturated heterocycles. The van der Waals surface area contributed by atoms with E-state index in [2.05, 4.69) is 16.0 Å². The van der Waals surface area contributed by atoms with Crippen molar-refractivity contribution in [2.45, 2.75) is 19.3 Å². The van der Waals surface area contributed by atoms with Crippen molar-refractivity contribution in [3.05, 3.63) is 34.4 Å². The Labute approximate surface area is 121 Å². The minimum absolute atomic E-state index is 0.0516. The maximum atomic E-state index is 11.6. The molecule has 1 amide bonds. The molecule has 21 heavy (non-hydrogen) atoms. The van der Waals surface area contributed by atoms with E-state index < -0.39 is 10.9 Å². The minimum Gasteiger partial charge on any atom is -0.452 e. The highest BCUT2D eigenvalue weighted by Crippen LogP contribution is 2.15. The molecule has 1 rings (SSSR count). The average Bonchev–Trinajstić information content (AvgIpc) is 2.45. The summed E-state index contributed by atoms with van der Waals surface area (Å²) in [5.41, 5.74) is 0.407. The molecule has 110 valence electrons. The molecule has 7 heteroatoms. The Morgan fingerprint density at radius 3 is 2.52 bits per heavy atom. The van der Waals surface area contributed by atoms with Crippen LogP contribution >= 0.6 is 0 Å². The topological polar surface area (TPSA) is 98.5 Å². The number of non-ortho nitro benzene ring substituents is 1. The second-order valence-corrected chi connectivity index (χ2v) is 4.07. The first kappa shape index (κ1) is 16.2. The van der Waals surface area contributed by atoms with Gasteiger partial charge in [-0.3, -0.25) is 19.7 Å². The second-order valence-electron chi connectivity index (χ2n) is 4.07. The van der Waals surface area contributed by atoms with Crippen LogP contribution in [0.3, 0.4) is 0 Å². The number of ether oxygens (including phenoxy) is 1. The van der Waals surface area contributed by atoms with Gasteiger partial charge in [-0.05, 0) is 18.6 Å². The van der Waals surface area contributed by atoms with Crippen LogP contribution in [0.5, 0.6) is 0 Å². The summed E-state index contributed by atoms with van der Waals surface area (Å²) in [5.74, 6) is 1.44. The number of anilines is 1. The van der Waals surface area contributed by atoms with Crippen molar-refractivity contribution in [2.75, 3.05) is 11.9 Å². The standard InChI is InChI=1S/C14H14N2O5/c1-2-10-21-14(18)5-3-4-13(17)15-11-6-8-12(9-7-11)16(19)20/h1,6-9H,3-5,10H2,(H,15,17). The molecule has 0 saturated carbocycles. The van der Waals surface area contributed by atoms with Crippen molar-refractivity contribution in [3.8, 4) is 12.3 Å². The van der Waals surface area contributed by atoms with Crippen molar-refractivity contribution < 1.29 is 19.2 Å². The normalized spacial score (nSPS) is 9.48. The van der Waals surface area contributed by atoms with E-state index >= 15 is 0 Å². The van der Waals surface area contributed by atoms with Gasteiger partial charge in [-0.25, -0.2) is 0 Å². The summed E-state index contributed by atoms with van der Waals surface area (Å²) in [7, 11) is 0. The fourth-order valence-electron chi connectivity index (χ4n) is 1.48. The van der Waals surface area contributed by atoms with E-state index in [-0.39, 0.29) is 31.0 Å². The fourth-order valence-corrected chi connectivity index (χ4v) is 1.48. The van der Waals surface area contributed by atoms with Crippen molar-refractivity contribution in [1.29, 1.82) is 0 Å². The summed E-state index contributed by atoms with van der Waals surface area (Å²) >= 11 is 0. The van der Waals surface area contributed by atoms with Crippen LogP contribution in [0.15, 0.2) is 24.3 Å². The Kier molecular flexibility index (Phi) is 6.41. The lowest BCUT2D eigenvalue weighted by Crippen LogP contribution is -2.12. The lowest BCUT2D eigenvalue weighted by atomic mass is 10.2. The van der Waals surface area contributed by atoms with Crippen LogP contribution in [0.1, 0.15) is 19.3 Å². The quantitative estimate of drug-likeness (QED) is 0.358. The number of nitrogens with one attached hydrogen (secondary N) is 1. The molecule has 0 unspecified atom stereocenters. The zero-order valence-corrected chi connectivity index (χ0v) is 11.2. The molecule has 7 nitrogen and oxygen atoms in total. The minimum atomic E-state index is -0.520. The Morgan fingerprint density at radius 1 is 1.29 bits per heavy atom. The van der Waals surface area contributed by atoms with Gasteiger partial charge in [0.05, 0.1) is 4.92 Å². The van der Waals surface area contributed by atoms with Gasteiger partial charge >= 0.3 is 5.97 Å². The van der Waals surface area contributed by atoms with Gasteiger partial charge in [-0.15, -0.1) is 6.42 Å². The number of esters is 1. The van der Waals surface area contributed by atoms with Crippen LogP contribution in [0.25, 0.3) is 0 Å². The lowest BCUT2D eigenvalue weighted by molar-refractivity contribution is -0.384. The number of nitrogens with zero attached hydrogens (tertiary/aromatic N) is 1. The lowest BCUT2D eigenvalue weighted by Gasteiger charge is -2.05. The molecule has 0 spiro atoms. The van der Waals surface area contributed by atoms with E-state index in [9.17, 15) is 19.7 Å². The fraction of sp³-hybridized carbons (Fsp3) is 0.286. The number of carbonyl (C=O) groups is 2. The van der Waals surface area contributed by atoms with Crippen molar-refractivity contribution in [1.82, 2.24) is 0 Å². The number of nitro groups is 1. The third-order valence-electron chi connectivity index (χ3n) is 2.46. The maximum Gasteiger partial charge on any atom is 0.306 e. The molecule has 0 atom stereocenters. The summed E-state index contributed by atoms with van der Waals surface area (Å²) in [6.07, 6.45) is 5.52. The van der Waals surface area contributed by atoms with Gasteiger partial charge < -0.3 is 10.1 Å². The van der Waals surface area contributed by atoms with E-state index in [0.717, 1.165) is 0 Å². The molecule has 0 aliphatic carbocycles. The summed E-state index contributed by atoms with van der Waals surface area (Å²) in [4.78, 5) is 32.7. The van der Waals surface area contributed by atoms with E-state index in [1.54, 1.807) is 0 Å². The SMILES string of the molecule is C#CCOC(=O)CCCC(=O)Nc1ccc([N+](=O)[O-])cc1. The number of hydrogen-bond acceptors (Lipinski definition) is 5. The van der Waals surface area contributed by atoms with Crippen molar-refractivity contribution >= 4 is 23.3 Å². The molecule has 1 aromatic carbocycles. The smallest absolute Gasteiger partial charge is 0.306 e. The van der Waals surface area contributed by atoms with Crippen LogP contribution in [0.4, 0.5) is 11.4 Å². The molecule has 0 heterocycles. The number of carbonyl (C=O) groups excluding carboxylic acids is 2. The maximum absolute atomic E-state index is 11.6.